The second kappa shape index (κ2) is 3.01. The fourth-order valence-electron chi connectivity index (χ4n) is 1.29. The van der Waals surface area contributed by atoms with Gasteiger partial charge in [0.15, 0.2) is 0 Å². The lowest BCUT2D eigenvalue weighted by Gasteiger charge is -1.91. The van der Waals surface area contributed by atoms with E-state index in [1.165, 1.54) is 0 Å². The first-order valence-electron chi connectivity index (χ1n) is 4.26. The fraction of sp³-hybridized carbons (Fsp3) is 0.200. The third kappa shape index (κ3) is 1.33. The van der Waals surface area contributed by atoms with Crippen LogP contribution in [0.5, 0.6) is 0 Å². The third-order valence-electron chi connectivity index (χ3n) is 2.03. The van der Waals surface area contributed by atoms with Crippen LogP contribution in [-0.4, -0.2) is 15.7 Å². The molecule has 2 heterocycles. The van der Waals surface area contributed by atoms with Gasteiger partial charge in [-0.2, -0.15) is 0 Å². The van der Waals surface area contributed by atoms with E-state index < -0.39 is 0 Å². The summed E-state index contributed by atoms with van der Waals surface area (Å²) >= 11 is 0. The molecule has 0 aliphatic carbocycles. The molecule has 0 bridgehead atoms. The Hall–Kier alpha value is -1.64. The molecular weight excluding hydrogens is 164 g/mol. The molecule has 0 saturated heterocycles. The third-order valence-corrected chi connectivity index (χ3v) is 2.03. The molecule has 0 saturated carbocycles. The highest BCUT2D eigenvalue weighted by Crippen LogP contribution is 2.07. The van der Waals surface area contributed by atoms with Gasteiger partial charge in [-0.05, 0) is 18.6 Å². The monoisotopic (exact) mass is 174 g/mol. The van der Waals surface area contributed by atoms with E-state index in [1.54, 1.807) is 12.1 Å². The Bertz CT molecular complexity index is 445. The number of fused-ring (bicyclic) bond motifs is 1. The van der Waals surface area contributed by atoms with Crippen molar-refractivity contribution in [2.75, 3.05) is 0 Å². The molecule has 13 heavy (non-hydrogen) atoms. The van der Waals surface area contributed by atoms with Crippen LogP contribution in [0.4, 0.5) is 0 Å². The molecule has 0 radical (unpaired) electrons. The van der Waals surface area contributed by atoms with E-state index in [9.17, 15) is 4.79 Å². The highest BCUT2D eigenvalue weighted by atomic mass is 16.1. The summed E-state index contributed by atoms with van der Waals surface area (Å²) in [6, 6.07) is 3.56. The minimum absolute atomic E-state index is 0.667. The van der Waals surface area contributed by atoms with Crippen molar-refractivity contribution in [2.45, 2.75) is 13.3 Å². The van der Waals surface area contributed by atoms with Gasteiger partial charge in [-0.3, -0.25) is 4.79 Å². The molecular formula is C10H10N2O. The predicted molar refractivity (Wildman–Crippen MR) is 50.0 cm³/mol. The fourth-order valence-corrected chi connectivity index (χ4v) is 1.29. The van der Waals surface area contributed by atoms with Crippen molar-refractivity contribution in [1.29, 1.82) is 0 Å². The van der Waals surface area contributed by atoms with Gasteiger partial charge in [-0.1, -0.05) is 6.92 Å². The Morgan fingerprint density at radius 2 is 2.46 bits per heavy atom. The molecule has 0 spiro atoms. The zero-order chi connectivity index (χ0) is 9.26. The minimum Gasteiger partial charge on any atom is -0.307 e. The van der Waals surface area contributed by atoms with E-state index >= 15 is 0 Å². The lowest BCUT2D eigenvalue weighted by atomic mass is 10.3. The van der Waals surface area contributed by atoms with Crippen molar-refractivity contribution >= 4 is 11.9 Å². The summed E-state index contributed by atoms with van der Waals surface area (Å²) in [7, 11) is 0. The normalized spacial score (nSPS) is 10.5. The number of carbonyl (C=O) groups is 1. The SMILES string of the molecule is CCc1cn2ccc(C=O)cc2n1. The van der Waals surface area contributed by atoms with E-state index in [0.717, 1.165) is 24.0 Å². The summed E-state index contributed by atoms with van der Waals surface area (Å²) in [5.41, 5.74) is 2.55. The standard InChI is InChI=1S/C10H10N2O/c1-2-9-6-12-4-3-8(7-13)5-10(12)11-9/h3-7H,2H2,1H3. The number of hydrogen-bond acceptors (Lipinski definition) is 2. The first-order chi connectivity index (χ1) is 6.33. The maximum atomic E-state index is 10.5. The average molecular weight is 174 g/mol. The van der Waals surface area contributed by atoms with Gasteiger partial charge in [0.05, 0.1) is 5.69 Å². The van der Waals surface area contributed by atoms with Crippen LogP contribution >= 0.6 is 0 Å². The van der Waals surface area contributed by atoms with Gasteiger partial charge in [0.25, 0.3) is 0 Å². The van der Waals surface area contributed by atoms with Crippen molar-refractivity contribution < 1.29 is 4.79 Å². The highest BCUT2D eigenvalue weighted by molar-refractivity contribution is 5.76. The number of aldehydes is 1. The van der Waals surface area contributed by atoms with Crippen LogP contribution in [0.15, 0.2) is 24.5 Å². The van der Waals surface area contributed by atoms with Crippen LogP contribution in [0, 0.1) is 0 Å². The van der Waals surface area contributed by atoms with Crippen LogP contribution in [0.3, 0.4) is 0 Å². The molecule has 66 valence electrons. The van der Waals surface area contributed by atoms with Gasteiger partial charge in [-0.25, -0.2) is 4.98 Å². The predicted octanol–water partition coefficient (Wildman–Crippen LogP) is 1.71. The summed E-state index contributed by atoms with van der Waals surface area (Å²) < 4.78 is 1.92. The van der Waals surface area contributed by atoms with E-state index in [4.69, 9.17) is 0 Å². The van der Waals surface area contributed by atoms with Gasteiger partial charge in [0, 0.05) is 18.0 Å². The number of nitrogens with zero attached hydrogens (tertiary/aromatic N) is 2. The van der Waals surface area contributed by atoms with Crippen molar-refractivity contribution in [3.8, 4) is 0 Å². The van der Waals surface area contributed by atoms with Crippen molar-refractivity contribution in [2.24, 2.45) is 0 Å². The van der Waals surface area contributed by atoms with Gasteiger partial charge in [-0.15, -0.1) is 0 Å². The van der Waals surface area contributed by atoms with Gasteiger partial charge < -0.3 is 4.40 Å². The number of carbonyl (C=O) groups excluding carboxylic acids is 1. The largest absolute Gasteiger partial charge is 0.307 e. The maximum Gasteiger partial charge on any atom is 0.150 e. The summed E-state index contributed by atoms with van der Waals surface area (Å²) in [6.45, 7) is 2.06. The first-order valence-corrected chi connectivity index (χ1v) is 4.26. The average Bonchev–Trinajstić information content (AvgIpc) is 2.58. The maximum absolute atomic E-state index is 10.5. The van der Waals surface area contributed by atoms with Crippen molar-refractivity contribution in [3.63, 3.8) is 0 Å². The summed E-state index contributed by atoms with van der Waals surface area (Å²) in [5.74, 6) is 0. The molecule has 0 N–H and O–H groups in total. The highest BCUT2D eigenvalue weighted by Gasteiger charge is 1.99. The molecule has 0 unspecified atom stereocenters. The van der Waals surface area contributed by atoms with E-state index in [1.807, 2.05) is 16.8 Å². The van der Waals surface area contributed by atoms with Crippen LogP contribution in [0.2, 0.25) is 0 Å². The number of aromatic nitrogens is 2. The molecule has 0 amide bonds. The molecule has 0 aliphatic heterocycles. The van der Waals surface area contributed by atoms with Crippen molar-refractivity contribution in [3.05, 3.63) is 35.8 Å². The molecule has 2 aromatic heterocycles. The quantitative estimate of drug-likeness (QED) is 0.649. The molecule has 0 aliphatic rings. The summed E-state index contributed by atoms with van der Waals surface area (Å²) in [6.07, 6.45) is 5.58. The minimum atomic E-state index is 0.667. The molecule has 3 nitrogen and oxygen atoms in total. The summed E-state index contributed by atoms with van der Waals surface area (Å²) in [4.78, 5) is 14.8. The smallest absolute Gasteiger partial charge is 0.150 e. The summed E-state index contributed by atoms with van der Waals surface area (Å²) in [5, 5.41) is 0. The van der Waals surface area contributed by atoms with Gasteiger partial charge in [0.2, 0.25) is 0 Å². The van der Waals surface area contributed by atoms with E-state index in [0.29, 0.717) is 5.56 Å². The molecule has 0 aromatic carbocycles. The van der Waals surface area contributed by atoms with Crippen LogP contribution in [0.1, 0.15) is 23.0 Å². The Kier molecular flexibility index (Phi) is 1.85. The number of rotatable bonds is 2. The molecule has 2 aromatic rings. The lowest BCUT2D eigenvalue weighted by Crippen LogP contribution is -1.85. The first kappa shape index (κ1) is 7.98. The Morgan fingerprint density at radius 3 is 3.15 bits per heavy atom. The zero-order valence-electron chi connectivity index (χ0n) is 7.40. The Balaban J connectivity index is 2.63. The lowest BCUT2D eigenvalue weighted by molar-refractivity contribution is 0.112. The number of aryl methyl sites for hydroxylation is 1. The topological polar surface area (TPSA) is 34.4 Å². The molecule has 2 rings (SSSR count). The number of hydrogen-bond donors (Lipinski definition) is 0. The van der Waals surface area contributed by atoms with E-state index in [2.05, 4.69) is 11.9 Å². The molecule has 0 atom stereocenters. The second-order valence-corrected chi connectivity index (χ2v) is 2.93. The second-order valence-electron chi connectivity index (χ2n) is 2.93. The van der Waals surface area contributed by atoms with Gasteiger partial charge in [0.1, 0.15) is 11.9 Å². The van der Waals surface area contributed by atoms with Gasteiger partial charge >= 0.3 is 0 Å². The van der Waals surface area contributed by atoms with Crippen LogP contribution in [-0.2, 0) is 6.42 Å². The number of imidazole rings is 1. The molecule has 3 heteroatoms. The Labute approximate surface area is 76.0 Å². The van der Waals surface area contributed by atoms with Crippen LogP contribution < -0.4 is 0 Å². The van der Waals surface area contributed by atoms with Crippen molar-refractivity contribution in [1.82, 2.24) is 9.38 Å². The zero-order valence-corrected chi connectivity index (χ0v) is 7.40. The number of pyridine rings is 1. The van der Waals surface area contributed by atoms with Crippen LogP contribution in [0.25, 0.3) is 5.65 Å². The van der Waals surface area contributed by atoms with E-state index in [-0.39, 0.29) is 0 Å². The Morgan fingerprint density at radius 1 is 1.62 bits per heavy atom. The molecule has 0 fully saturated rings.